The van der Waals surface area contributed by atoms with E-state index in [-0.39, 0.29) is 0 Å². The monoisotopic (exact) mass is 292 g/mol. The number of nitrogens with one attached hydrogen (secondary N) is 1. The van der Waals surface area contributed by atoms with Gasteiger partial charge in [-0.2, -0.15) is 0 Å². The maximum atomic E-state index is 5.75. The molecule has 0 atom stereocenters. The van der Waals surface area contributed by atoms with Gasteiger partial charge in [0.2, 0.25) is 0 Å². The van der Waals surface area contributed by atoms with Crippen LogP contribution < -0.4 is 15.0 Å². The highest BCUT2D eigenvalue weighted by molar-refractivity contribution is 7.13. The van der Waals surface area contributed by atoms with Crippen molar-refractivity contribution in [1.29, 1.82) is 0 Å². The summed E-state index contributed by atoms with van der Waals surface area (Å²) in [5, 5.41) is 13.0. The highest BCUT2D eigenvalue weighted by atomic mass is 32.1. The van der Waals surface area contributed by atoms with Gasteiger partial charge < -0.3 is 15.0 Å². The summed E-state index contributed by atoms with van der Waals surface area (Å²) in [6.45, 7) is 3.87. The summed E-state index contributed by atoms with van der Waals surface area (Å²) in [4.78, 5) is 2.03. The molecule has 0 spiro atoms. The normalized spacial score (nSPS) is 10.6. The first kappa shape index (κ1) is 14.7. The number of hydrogen-bond acceptors (Lipinski definition) is 6. The quantitative estimate of drug-likeness (QED) is 0.795. The first-order chi connectivity index (χ1) is 9.69. The molecule has 5 nitrogen and oxygen atoms in total. The van der Waals surface area contributed by atoms with Crippen molar-refractivity contribution in [2.45, 2.75) is 19.9 Å². The van der Waals surface area contributed by atoms with Gasteiger partial charge in [0.15, 0.2) is 0 Å². The van der Waals surface area contributed by atoms with E-state index in [9.17, 15) is 0 Å². The summed E-state index contributed by atoms with van der Waals surface area (Å²) in [7, 11) is 4.00. The van der Waals surface area contributed by atoms with Crippen molar-refractivity contribution in [3.8, 4) is 10.9 Å². The molecule has 2 aromatic rings. The Hall–Kier alpha value is -1.66. The van der Waals surface area contributed by atoms with E-state index in [0.717, 1.165) is 36.0 Å². The molecule has 0 aliphatic rings. The first-order valence-corrected chi connectivity index (χ1v) is 7.49. The Morgan fingerprint density at radius 1 is 1.30 bits per heavy atom. The number of benzene rings is 1. The third kappa shape index (κ3) is 4.18. The van der Waals surface area contributed by atoms with Gasteiger partial charge >= 0.3 is 0 Å². The molecular formula is C14H20N4OS. The summed E-state index contributed by atoms with van der Waals surface area (Å²) in [5.74, 6) is 0.778. The Balaban J connectivity index is 1.97. The van der Waals surface area contributed by atoms with Crippen molar-refractivity contribution >= 4 is 17.0 Å². The van der Waals surface area contributed by atoms with Crippen LogP contribution in [0.25, 0.3) is 0 Å². The van der Waals surface area contributed by atoms with Crippen molar-refractivity contribution in [3.63, 3.8) is 0 Å². The molecule has 1 N–H and O–H groups in total. The van der Waals surface area contributed by atoms with E-state index in [1.807, 2.05) is 43.3 Å². The molecule has 1 heterocycles. The highest BCUT2D eigenvalue weighted by Crippen LogP contribution is 2.27. The van der Waals surface area contributed by atoms with Crippen molar-refractivity contribution in [2.24, 2.45) is 0 Å². The number of ether oxygens (including phenoxy) is 1. The third-order valence-electron chi connectivity index (χ3n) is 2.69. The lowest BCUT2D eigenvalue weighted by atomic mass is 10.3. The van der Waals surface area contributed by atoms with E-state index in [4.69, 9.17) is 4.74 Å². The van der Waals surface area contributed by atoms with Gasteiger partial charge in [-0.25, -0.2) is 0 Å². The van der Waals surface area contributed by atoms with Gasteiger partial charge in [-0.15, -0.1) is 5.10 Å². The van der Waals surface area contributed by atoms with Crippen LogP contribution in [0.5, 0.6) is 10.9 Å². The maximum absolute atomic E-state index is 5.75. The Labute approximate surface area is 123 Å². The minimum atomic E-state index is 0.578. The molecule has 1 aromatic heterocycles. The van der Waals surface area contributed by atoms with Crippen LogP contribution in [0.1, 0.15) is 18.4 Å². The Bertz CT molecular complexity index is 541. The minimum absolute atomic E-state index is 0.578. The van der Waals surface area contributed by atoms with E-state index in [1.165, 1.54) is 11.3 Å². The Morgan fingerprint density at radius 3 is 2.90 bits per heavy atom. The molecule has 1 aromatic carbocycles. The molecule has 0 bridgehead atoms. The smallest absolute Gasteiger partial charge is 0.299 e. The van der Waals surface area contributed by atoms with Crippen LogP contribution in [0.4, 0.5) is 5.69 Å². The largest absolute Gasteiger partial charge is 0.430 e. The van der Waals surface area contributed by atoms with Crippen LogP contribution in [-0.2, 0) is 6.54 Å². The van der Waals surface area contributed by atoms with Crippen LogP contribution >= 0.6 is 11.3 Å². The lowest BCUT2D eigenvalue weighted by Crippen LogP contribution is -2.13. The second-order valence-electron chi connectivity index (χ2n) is 4.63. The molecule has 0 fully saturated rings. The zero-order chi connectivity index (χ0) is 14.4. The molecule has 0 saturated carbocycles. The molecule has 0 unspecified atom stereocenters. The number of anilines is 1. The van der Waals surface area contributed by atoms with Gasteiger partial charge in [0.25, 0.3) is 5.19 Å². The second kappa shape index (κ2) is 7.21. The van der Waals surface area contributed by atoms with Gasteiger partial charge in [-0.3, -0.25) is 0 Å². The fraction of sp³-hybridized carbons (Fsp3) is 0.429. The summed E-state index contributed by atoms with van der Waals surface area (Å²) >= 11 is 1.47. The molecule has 6 heteroatoms. The van der Waals surface area contributed by atoms with E-state index in [0.29, 0.717) is 5.19 Å². The number of rotatable bonds is 7. The Morgan fingerprint density at radius 2 is 2.15 bits per heavy atom. The Kier molecular flexibility index (Phi) is 5.31. The number of aromatic nitrogens is 2. The lowest BCUT2D eigenvalue weighted by Gasteiger charge is -2.12. The van der Waals surface area contributed by atoms with Crippen molar-refractivity contribution in [2.75, 3.05) is 25.5 Å². The van der Waals surface area contributed by atoms with E-state index in [2.05, 4.69) is 22.4 Å². The number of nitrogens with zero attached hydrogens (tertiary/aromatic N) is 3. The molecule has 20 heavy (non-hydrogen) atoms. The predicted octanol–water partition coefficient (Wildman–Crippen LogP) is 2.90. The van der Waals surface area contributed by atoms with Crippen molar-refractivity contribution < 1.29 is 4.74 Å². The topological polar surface area (TPSA) is 50.3 Å². The van der Waals surface area contributed by atoms with E-state index < -0.39 is 0 Å². The summed E-state index contributed by atoms with van der Waals surface area (Å²) in [6.07, 6.45) is 1.11. The van der Waals surface area contributed by atoms with Crippen LogP contribution in [0.3, 0.4) is 0 Å². The predicted molar refractivity (Wildman–Crippen MR) is 82.7 cm³/mol. The summed E-state index contributed by atoms with van der Waals surface area (Å²) < 4.78 is 5.75. The molecule has 0 radical (unpaired) electrons. The fourth-order valence-corrected chi connectivity index (χ4v) is 2.33. The van der Waals surface area contributed by atoms with Crippen LogP contribution in [0.2, 0.25) is 0 Å². The van der Waals surface area contributed by atoms with Gasteiger partial charge in [0.1, 0.15) is 10.8 Å². The average Bonchev–Trinajstić information content (AvgIpc) is 2.87. The van der Waals surface area contributed by atoms with Gasteiger partial charge in [0, 0.05) is 32.4 Å². The molecule has 0 aliphatic heterocycles. The van der Waals surface area contributed by atoms with Crippen molar-refractivity contribution in [1.82, 2.24) is 15.5 Å². The minimum Gasteiger partial charge on any atom is -0.430 e. The molecule has 0 aliphatic carbocycles. The molecule has 108 valence electrons. The zero-order valence-electron chi connectivity index (χ0n) is 12.1. The summed E-state index contributed by atoms with van der Waals surface area (Å²) in [5.41, 5.74) is 1.09. The number of hydrogen-bond donors (Lipinski definition) is 1. The van der Waals surface area contributed by atoms with E-state index >= 15 is 0 Å². The second-order valence-corrected chi connectivity index (χ2v) is 5.66. The van der Waals surface area contributed by atoms with Crippen LogP contribution in [0.15, 0.2) is 24.3 Å². The lowest BCUT2D eigenvalue weighted by molar-refractivity contribution is 0.473. The van der Waals surface area contributed by atoms with Gasteiger partial charge in [-0.05, 0) is 25.1 Å². The first-order valence-electron chi connectivity index (χ1n) is 6.67. The highest BCUT2D eigenvalue weighted by Gasteiger charge is 2.07. The molecular weight excluding hydrogens is 272 g/mol. The van der Waals surface area contributed by atoms with Crippen molar-refractivity contribution in [3.05, 3.63) is 29.3 Å². The van der Waals surface area contributed by atoms with Crippen LogP contribution in [-0.4, -0.2) is 30.8 Å². The van der Waals surface area contributed by atoms with Crippen LogP contribution in [0, 0.1) is 0 Å². The molecule has 2 rings (SSSR count). The maximum Gasteiger partial charge on any atom is 0.299 e. The van der Waals surface area contributed by atoms with Gasteiger partial charge in [0.05, 0.1) is 0 Å². The SMILES string of the molecule is CCCNCc1nnc(Oc2cccc(N(C)C)c2)s1. The van der Waals surface area contributed by atoms with E-state index in [1.54, 1.807) is 0 Å². The average molecular weight is 292 g/mol. The molecule has 0 saturated heterocycles. The standard InChI is InChI=1S/C14H20N4OS/c1-4-8-15-10-13-16-17-14(20-13)19-12-7-5-6-11(9-12)18(2)3/h5-7,9,15H,4,8,10H2,1-3H3. The third-order valence-corrected chi connectivity index (χ3v) is 3.49. The zero-order valence-corrected chi connectivity index (χ0v) is 12.9. The fourth-order valence-electron chi connectivity index (χ4n) is 1.65. The molecule has 0 amide bonds. The summed E-state index contributed by atoms with van der Waals surface area (Å²) in [6, 6.07) is 7.91. The van der Waals surface area contributed by atoms with Gasteiger partial charge in [-0.1, -0.05) is 29.4 Å².